The third-order valence-corrected chi connectivity index (χ3v) is 6.01. The predicted octanol–water partition coefficient (Wildman–Crippen LogP) is 2.59. The Balaban J connectivity index is 1.90. The summed E-state index contributed by atoms with van der Waals surface area (Å²) in [5.74, 6) is 1.68. The van der Waals surface area contributed by atoms with Gasteiger partial charge in [-0.1, -0.05) is 0 Å². The molecule has 0 amide bonds. The number of hydrogen-bond acceptors (Lipinski definition) is 4. The average molecular weight is 470 g/mol. The number of nitrogens with one attached hydrogen (secondary N) is 1. The molecule has 0 aliphatic heterocycles. The number of aryl methyl sites for hydroxylation is 8. The Kier molecular flexibility index (Phi) is 5.35. The lowest BCUT2D eigenvalue weighted by atomic mass is 10.4. The molecule has 0 unspecified atom stereocenters. The highest BCUT2D eigenvalue weighted by Gasteiger charge is 2.17. The van der Waals surface area contributed by atoms with Crippen molar-refractivity contribution < 1.29 is 0 Å². The van der Waals surface area contributed by atoms with Gasteiger partial charge in [-0.15, -0.1) is 0 Å². The van der Waals surface area contributed by atoms with Gasteiger partial charge in [-0.2, -0.15) is 20.4 Å². The molecule has 35 heavy (non-hydrogen) atoms. The maximum absolute atomic E-state index is 4.78. The molecule has 0 bridgehead atoms. The van der Waals surface area contributed by atoms with Crippen LogP contribution in [-0.2, 0) is 0 Å². The molecule has 0 spiro atoms. The molecule has 5 aromatic rings. The summed E-state index contributed by atoms with van der Waals surface area (Å²) < 4.78 is 7.76. The van der Waals surface area contributed by atoms with Gasteiger partial charge in [0.05, 0.1) is 33.5 Å². The number of aromatic amines is 1. The smallest absolute Gasteiger partial charge is 0.178 e. The standard InChI is InChI=1S/C26H31N9/c1-15-11-19(5)32(28-15)25(33-20(6)12-16(2)29-33)23-9-10-24(27-23)26(34-21(7)13-17(3)30-34)35-22(8)14-18(4)31-35/h9-14,27H,1-8H3. The van der Waals surface area contributed by atoms with Gasteiger partial charge in [0.15, 0.2) is 11.6 Å². The van der Waals surface area contributed by atoms with E-state index in [9.17, 15) is 0 Å². The van der Waals surface area contributed by atoms with E-state index in [2.05, 4.69) is 69.1 Å². The molecule has 9 heteroatoms. The average Bonchev–Trinajstić information content (AvgIpc) is 3.56. The highest BCUT2D eigenvalue weighted by atomic mass is 15.5. The summed E-state index contributed by atoms with van der Waals surface area (Å²) in [6.07, 6.45) is 0. The van der Waals surface area contributed by atoms with Crippen molar-refractivity contribution in [1.82, 2.24) is 44.1 Å². The van der Waals surface area contributed by atoms with Crippen LogP contribution in [0.4, 0.5) is 0 Å². The SMILES string of the molecule is Cc1cc(C)n(C(=c2ccc(=C(n3nc(C)cc3C)n3nc(C)cc3C)[nH]2)n2nc(C)cc2C)n1. The van der Waals surface area contributed by atoms with Crippen LogP contribution in [0.25, 0.3) is 11.6 Å². The second-order valence-electron chi connectivity index (χ2n) is 9.29. The number of aromatic nitrogens is 9. The second-order valence-corrected chi connectivity index (χ2v) is 9.29. The van der Waals surface area contributed by atoms with E-state index in [0.29, 0.717) is 0 Å². The van der Waals surface area contributed by atoms with Crippen molar-refractivity contribution in [3.05, 3.63) is 92.6 Å². The van der Waals surface area contributed by atoms with Crippen molar-refractivity contribution in [3.8, 4) is 0 Å². The number of rotatable bonds is 4. The molecule has 0 radical (unpaired) electrons. The van der Waals surface area contributed by atoms with Crippen LogP contribution in [0.2, 0.25) is 0 Å². The van der Waals surface area contributed by atoms with E-state index < -0.39 is 0 Å². The lowest BCUT2D eigenvalue weighted by molar-refractivity contribution is 0.715. The van der Waals surface area contributed by atoms with E-state index in [1.165, 1.54) is 0 Å². The molecular formula is C26H31N9. The van der Waals surface area contributed by atoms with E-state index in [-0.39, 0.29) is 0 Å². The first kappa shape index (κ1) is 22.6. The first-order valence-electron chi connectivity index (χ1n) is 11.7. The van der Waals surface area contributed by atoms with Crippen molar-refractivity contribution in [2.75, 3.05) is 0 Å². The molecule has 5 aromatic heterocycles. The Morgan fingerprint density at radius 3 is 0.943 bits per heavy atom. The molecule has 9 nitrogen and oxygen atoms in total. The lowest BCUT2D eigenvalue weighted by Crippen LogP contribution is -2.28. The molecule has 0 fully saturated rings. The fourth-order valence-electron chi connectivity index (χ4n) is 4.67. The van der Waals surface area contributed by atoms with E-state index in [1.54, 1.807) is 0 Å². The van der Waals surface area contributed by atoms with Crippen LogP contribution in [0, 0.1) is 55.4 Å². The Labute approximate surface area is 204 Å². The van der Waals surface area contributed by atoms with Crippen LogP contribution in [0.15, 0.2) is 36.4 Å². The molecule has 0 aromatic carbocycles. The molecule has 0 atom stereocenters. The molecular weight excluding hydrogens is 438 g/mol. The van der Waals surface area contributed by atoms with E-state index in [0.717, 1.165) is 67.9 Å². The monoisotopic (exact) mass is 469 g/mol. The van der Waals surface area contributed by atoms with Gasteiger partial charge in [-0.25, -0.2) is 18.7 Å². The van der Waals surface area contributed by atoms with Gasteiger partial charge in [0.1, 0.15) is 0 Å². The minimum atomic E-state index is 0.841. The largest absolute Gasteiger partial charge is 0.349 e. The van der Waals surface area contributed by atoms with Gasteiger partial charge in [0.2, 0.25) is 0 Å². The molecule has 1 N–H and O–H groups in total. The zero-order chi connectivity index (χ0) is 25.0. The lowest BCUT2D eigenvalue weighted by Gasteiger charge is -2.12. The molecule has 5 heterocycles. The van der Waals surface area contributed by atoms with Crippen molar-refractivity contribution in [2.45, 2.75) is 55.4 Å². The normalized spacial score (nSPS) is 11.4. The first-order valence-corrected chi connectivity index (χ1v) is 11.7. The van der Waals surface area contributed by atoms with Crippen LogP contribution < -0.4 is 10.7 Å². The van der Waals surface area contributed by atoms with Gasteiger partial charge in [-0.3, -0.25) is 0 Å². The Bertz CT molecular complexity index is 1460. The topological polar surface area (TPSA) is 87.1 Å². The summed E-state index contributed by atoms with van der Waals surface area (Å²) in [6.45, 7) is 16.2. The van der Waals surface area contributed by atoms with Crippen LogP contribution in [-0.4, -0.2) is 44.1 Å². The second kappa shape index (κ2) is 8.26. The van der Waals surface area contributed by atoms with Crippen molar-refractivity contribution in [2.24, 2.45) is 0 Å². The van der Waals surface area contributed by atoms with Crippen LogP contribution >= 0.6 is 0 Å². The minimum Gasteiger partial charge on any atom is -0.349 e. The van der Waals surface area contributed by atoms with Crippen LogP contribution in [0.5, 0.6) is 0 Å². The fraction of sp³-hybridized carbons (Fsp3) is 0.308. The first-order chi connectivity index (χ1) is 16.6. The Morgan fingerprint density at radius 1 is 0.486 bits per heavy atom. The molecule has 0 aliphatic carbocycles. The summed E-state index contributed by atoms with van der Waals surface area (Å²) in [6, 6.07) is 12.4. The zero-order valence-electron chi connectivity index (χ0n) is 21.5. The number of nitrogens with zero attached hydrogens (tertiary/aromatic N) is 8. The molecule has 180 valence electrons. The van der Waals surface area contributed by atoms with Crippen LogP contribution in [0.1, 0.15) is 45.6 Å². The van der Waals surface area contributed by atoms with Crippen molar-refractivity contribution >= 4 is 11.6 Å². The fourth-order valence-corrected chi connectivity index (χ4v) is 4.67. The maximum Gasteiger partial charge on any atom is 0.178 e. The third-order valence-electron chi connectivity index (χ3n) is 6.01. The molecule has 5 rings (SSSR count). The van der Waals surface area contributed by atoms with Gasteiger partial charge in [0, 0.05) is 22.8 Å². The minimum absolute atomic E-state index is 0.841. The molecule has 0 aliphatic rings. The van der Waals surface area contributed by atoms with E-state index >= 15 is 0 Å². The van der Waals surface area contributed by atoms with E-state index in [1.807, 2.05) is 46.4 Å². The third kappa shape index (κ3) is 3.92. The quantitative estimate of drug-likeness (QED) is 0.438. The van der Waals surface area contributed by atoms with Crippen molar-refractivity contribution in [1.29, 1.82) is 0 Å². The summed E-state index contributed by atoms with van der Waals surface area (Å²) in [7, 11) is 0. The van der Waals surface area contributed by atoms with Gasteiger partial charge < -0.3 is 4.98 Å². The number of H-pyrrole nitrogens is 1. The Hall–Kier alpha value is -4.14. The number of hydrogen-bond donors (Lipinski definition) is 1. The van der Waals surface area contributed by atoms with Crippen molar-refractivity contribution in [3.63, 3.8) is 0 Å². The predicted molar refractivity (Wildman–Crippen MR) is 135 cm³/mol. The molecule has 0 saturated carbocycles. The maximum atomic E-state index is 4.78. The summed E-state index contributed by atoms with van der Waals surface area (Å²) >= 11 is 0. The Morgan fingerprint density at radius 2 is 0.743 bits per heavy atom. The van der Waals surface area contributed by atoms with Gasteiger partial charge >= 0.3 is 0 Å². The van der Waals surface area contributed by atoms with Gasteiger partial charge in [0.25, 0.3) is 0 Å². The highest BCUT2D eigenvalue weighted by Crippen LogP contribution is 2.15. The molecule has 0 saturated heterocycles. The summed E-state index contributed by atoms with van der Waals surface area (Å²) in [5.41, 5.74) is 7.92. The zero-order valence-corrected chi connectivity index (χ0v) is 21.5. The van der Waals surface area contributed by atoms with Gasteiger partial charge in [-0.05, 0) is 91.8 Å². The summed E-state index contributed by atoms with van der Waals surface area (Å²) in [5, 5.41) is 20.9. The highest BCUT2D eigenvalue weighted by molar-refractivity contribution is 5.50. The van der Waals surface area contributed by atoms with E-state index in [4.69, 9.17) is 20.4 Å². The van der Waals surface area contributed by atoms with Crippen LogP contribution in [0.3, 0.4) is 0 Å². The summed E-state index contributed by atoms with van der Waals surface area (Å²) in [4.78, 5) is 3.64.